The molecule has 25 nitrogen and oxygen atoms in total. The largest absolute Gasteiger partial charge is 0.459 e. The van der Waals surface area contributed by atoms with Gasteiger partial charge in [0.1, 0.15) is 72.6 Å². The van der Waals surface area contributed by atoms with Crippen LogP contribution in [0.4, 0.5) is 0 Å². The lowest BCUT2D eigenvalue weighted by Crippen LogP contribution is -2.64. The minimum absolute atomic E-state index is 0.0232. The lowest BCUT2D eigenvalue weighted by Gasteiger charge is -2.42. The van der Waals surface area contributed by atoms with E-state index in [1.54, 1.807) is 61.5 Å². The van der Waals surface area contributed by atoms with Crippen molar-refractivity contribution in [3.05, 3.63) is 12.2 Å². The molecule has 0 aromatic carbocycles. The van der Waals surface area contributed by atoms with E-state index in [9.17, 15) is 38.4 Å². The molecule has 1 rings (SSSR count). The molecule has 0 aromatic rings. The van der Waals surface area contributed by atoms with Crippen molar-refractivity contribution in [2.45, 2.75) is 236 Å². The smallest absolute Gasteiger partial charge is 0.303 e. The van der Waals surface area contributed by atoms with Crippen LogP contribution in [0, 0.1) is 41.4 Å². The molecule has 0 radical (unpaired) electrons. The van der Waals surface area contributed by atoms with Gasteiger partial charge in [0.15, 0.2) is 0 Å². The Labute approximate surface area is 543 Å². The van der Waals surface area contributed by atoms with Crippen LogP contribution in [0.1, 0.15) is 163 Å². The Hall–Kier alpha value is -6.66. The number of nitrogens with one attached hydrogen (secondary N) is 4. The average molecular weight is 1290 g/mol. The minimum Gasteiger partial charge on any atom is -0.459 e. The zero-order chi connectivity index (χ0) is 70.5. The number of amides is 11. The molecule has 0 bridgehead atoms. The van der Waals surface area contributed by atoms with Gasteiger partial charge in [-0.15, -0.1) is 0 Å². The van der Waals surface area contributed by atoms with Crippen LogP contribution in [-0.2, 0) is 67.0 Å². The van der Waals surface area contributed by atoms with Gasteiger partial charge in [0.25, 0.3) is 0 Å². The Morgan fingerprint density at radius 1 is 0.495 bits per heavy atom. The van der Waals surface area contributed by atoms with Crippen LogP contribution in [0.5, 0.6) is 0 Å². The molecule has 11 amide bonds. The SMILES string of the molecule is C/C=C/C[C@@H](C)[C@@H](OC(C)=O)[C@H]1C(=O)N[C@@H](CC)C(=O)N(C)[C@H](C)C(=O)N(C)[C@@H]([C@H](C)CCOC)C(=O)N[C@@H](C(C)C)C(=O)N(C)[C@@H](CC(C)C)C(=O)N[C@@H](C)C(=O)N[C@H](C)C(=O)N(C)[C@@H](CC(C)C)C(=O)N(C)[C@@H](CC(C)C)C(=O)N(C)[C@@H](C(C)C)C(=O)N1C. The number of carbonyl (C=O) groups is 12. The van der Waals surface area contributed by atoms with Crippen LogP contribution in [0.3, 0.4) is 0 Å². The number of ether oxygens (including phenoxy) is 2. The van der Waals surface area contributed by atoms with Gasteiger partial charge in [0, 0.05) is 70.0 Å². The highest BCUT2D eigenvalue weighted by Crippen LogP contribution is 2.27. The van der Waals surface area contributed by atoms with E-state index in [0.29, 0.717) is 0 Å². The molecule has 1 aliphatic heterocycles. The fourth-order valence-corrected chi connectivity index (χ4v) is 11.6. The van der Waals surface area contributed by atoms with E-state index < -0.39 is 167 Å². The van der Waals surface area contributed by atoms with Crippen molar-refractivity contribution in [3.8, 4) is 0 Å². The predicted octanol–water partition coefficient (Wildman–Crippen LogP) is 3.85. The maximum absolute atomic E-state index is 15.5. The third kappa shape index (κ3) is 22.9. The Morgan fingerprint density at radius 3 is 1.41 bits per heavy atom. The summed E-state index contributed by atoms with van der Waals surface area (Å²) in [5.41, 5.74) is 0. The maximum Gasteiger partial charge on any atom is 0.303 e. The quantitative estimate of drug-likeness (QED) is 0.112. The molecule has 520 valence electrons. The van der Waals surface area contributed by atoms with Crippen molar-refractivity contribution in [2.75, 3.05) is 63.1 Å². The second-order valence-corrected chi connectivity index (χ2v) is 27.1. The number of likely N-dealkylation sites (N-methyl/N-ethyl adjacent to an activating group) is 7. The van der Waals surface area contributed by atoms with Crippen LogP contribution in [0.2, 0.25) is 0 Å². The van der Waals surface area contributed by atoms with Gasteiger partial charge in [-0.05, 0) is 108 Å². The summed E-state index contributed by atoms with van der Waals surface area (Å²) in [6.07, 6.45) is 3.21. The lowest BCUT2D eigenvalue weighted by atomic mass is 9.91. The van der Waals surface area contributed by atoms with E-state index >= 15 is 19.2 Å². The summed E-state index contributed by atoms with van der Waals surface area (Å²) in [6.45, 7) is 30.6. The minimum atomic E-state index is -1.62. The molecule has 4 N–H and O–H groups in total. The van der Waals surface area contributed by atoms with Crippen LogP contribution in [0.25, 0.3) is 0 Å². The first kappa shape index (κ1) is 82.4. The van der Waals surface area contributed by atoms with Gasteiger partial charge in [0.2, 0.25) is 65.0 Å². The van der Waals surface area contributed by atoms with Gasteiger partial charge >= 0.3 is 5.97 Å². The van der Waals surface area contributed by atoms with Crippen molar-refractivity contribution in [1.29, 1.82) is 0 Å². The van der Waals surface area contributed by atoms with Crippen molar-refractivity contribution < 1.29 is 67.0 Å². The topological polar surface area (TPSA) is 294 Å². The Bertz CT molecular complexity index is 2520. The lowest BCUT2D eigenvalue weighted by molar-refractivity contribution is -0.164. The number of hydrogen-bond acceptors (Lipinski definition) is 14. The standard InChI is InChI=1S/C66H117N11O14/c1-27-29-30-42(14)55(91-46(18)78)54-59(82)69-47(28-2)62(85)71(19)45(17)61(84)76(24)53(41(13)31-32-90-26)58(81)70-51(39(9)10)65(88)72(20)48(33-36(3)4)57(80)67-43(15)56(79)68-44(16)60(83)73(21)49(34-37(5)6)63(86)74(22)50(35-38(7)8)64(87)75(23)52(40(11)12)66(89)77(54)25/h27,29,36-45,47-55H,28,30-35H2,1-26H3,(H,67,80)(H,68,79)(H,69,82)(H,70,81)/b29-27+/t41-,42-,43+,44-,45-,47+,48+,49+,50+,51+,52+,53+,54+,55-/m1/s1. The molecule has 25 heteroatoms. The molecular weight excluding hydrogens is 1170 g/mol. The predicted molar refractivity (Wildman–Crippen MR) is 349 cm³/mol. The number of hydrogen-bond donors (Lipinski definition) is 4. The molecule has 0 aromatic heterocycles. The Morgan fingerprint density at radius 2 is 0.945 bits per heavy atom. The van der Waals surface area contributed by atoms with E-state index in [1.807, 2.05) is 47.6 Å². The zero-order valence-electron chi connectivity index (χ0n) is 59.9. The van der Waals surface area contributed by atoms with E-state index in [2.05, 4.69) is 21.3 Å². The highest BCUT2D eigenvalue weighted by molar-refractivity contribution is 6.00. The Kier molecular flexibility index (Phi) is 34.2. The third-order valence-corrected chi connectivity index (χ3v) is 17.4. The number of allylic oxidation sites excluding steroid dienone is 2. The number of rotatable bonds is 18. The van der Waals surface area contributed by atoms with Crippen molar-refractivity contribution in [2.24, 2.45) is 41.4 Å². The number of esters is 1. The van der Waals surface area contributed by atoms with Crippen LogP contribution in [-0.4, -0.2) is 241 Å². The zero-order valence-corrected chi connectivity index (χ0v) is 59.9. The molecule has 1 heterocycles. The normalized spacial score (nSPS) is 27.0. The van der Waals surface area contributed by atoms with Gasteiger partial charge in [-0.2, -0.15) is 0 Å². The second-order valence-electron chi connectivity index (χ2n) is 27.1. The van der Waals surface area contributed by atoms with E-state index in [1.165, 1.54) is 109 Å². The highest BCUT2D eigenvalue weighted by atomic mass is 16.5. The summed E-state index contributed by atoms with van der Waals surface area (Å²) in [7, 11) is 11.4. The summed E-state index contributed by atoms with van der Waals surface area (Å²) in [5.74, 6) is -11.4. The molecule has 0 spiro atoms. The molecule has 0 unspecified atom stereocenters. The fraction of sp³-hybridized carbons (Fsp3) is 0.788. The van der Waals surface area contributed by atoms with Crippen LogP contribution >= 0.6 is 0 Å². The molecule has 0 aliphatic carbocycles. The summed E-state index contributed by atoms with van der Waals surface area (Å²) in [4.78, 5) is 185. The van der Waals surface area contributed by atoms with E-state index in [-0.39, 0.29) is 62.9 Å². The summed E-state index contributed by atoms with van der Waals surface area (Å²) in [5, 5.41) is 11.1. The molecule has 1 fully saturated rings. The Balaban J connectivity index is 4.53. The van der Waals surface area contributed by atoms with Crippen molar-refractivity contribution in [1.82, 2.24) is 55.6 Å². The van der Waals surface area contributed by atoms with Gasteiger partial charge in [-0.3, -0.25) is 57.5 Å². The molecular formula is C66H117N11O14. The molecule has 14 atom stereocenters. The van der Waals surface area contributed by atoms with Crippen LogP contribution in [0.15, 0.2) is 12.2 Å². The maximum atomic E-state index is 15.5. The number of methoxy groups -OCH3 is 1. The molecule has 0 saturated carbocycles. The molecule has 1 saturated heterocycles. The average Bonchev–Trinajstić information content (AvgIpc) is 1.55. The first-order valence-corrected chi connectivity index (χ1v) is 32.4. The summed E-state index contributed by atoms with van der Waals surface area (Å²) in [6, 6.07) is -14.0. The summed E-state index contributed by atoms with van der Waals surface area (Å²) < 4.78 is 11.3. The summed E-state index contributed by atoms with van der Waals surface area (Å²) >= 11 is 0. The number of nitrogens with zero attached hydrogens (tertiary/aromatic N) is 7. The monoisotopic (exact) mass is 1290 g/mol. The van der Waals surface area contributed by atoms with E-state index in [4.69, 9.17) is 9.47 Å². The first-order chi connectivity index (χ1) is 42.1. The fourth-order valence-electron chi connectivity index (χ4n) is 11.6. The molecule has 91 heavy (non-hydrogen) atoms. The van der Waals surface area contributed by atoms with Crippen molar-refractivity contribution in [3.63, 3.8) is 0 Å². The third-order valence-electron chi connectivity index (χ3n) is 17.4. The van der Waals surface area contributed by atoms with Gasteiger partial charge in [0.05, 0.1) is 0 Å². The van der Waals surface area contributed by atoms with Crippen molar-refractivity contribution >= 4 is 70.9 Å². The van der Waals surface area contributed by atoms with Gasteiger partial charge < -0.3 is 65.0 Å². The molecule has 1 aliphatic rings. The number of carbonyl (C=O) groups excluding carboxylic acids is 12. The first-order valence-electron chi connectivity index (χ1n) is 32.4. The van der Waals surface area contributed by atoms with E-state index in [0.717, 1.165) is 9.80 Å². The van der Waals surface area contributed by atoms with Gasteiger partial charge in [-0.1, -0.05) is 102 Å². The second kappa shape index (κ2) is 37.8. The van der Waals surface area contributed by atoms with Gasteiger partial charge in [-0.25, -0.2) is 0 Å². The highest BCUT2D eigenvalue weighted by Gasteiger charge is 2.47. The van der Waals surface area contributed by atoms with Crippen LogP contribution < -0.4 is 21.3 Å².